The lowest BCUT2D eigenvalue weighted by Crippen LogP contribution is -2.07. The highest BCUT2D eigenvalue weighted by atomic mass is 16.5. The van der Waals surface area contributed by atoms with Crippen molar-refractivity contribution in [2.45, 2.75) is 13.3 Å². The van der Waals surface area contributed by atoms with Crippen molar-refractivity contribution in [3.05, 3.63) is 29.9 Å². The third-order valence-electron chi connectivity index (χ3n) is 2.49. The predicted octanol–water partition coefficient (Wildman–Crippen LogP) is 1.62. The highest BCUT2D eigenvalue weighted by molar-refractivity contribution is 5.68. The summed E-state index contributed by atoms with van der Waals surface area (Å²) in [5.41, 5.74) is 7.41. The standard InChI is InChI=1S/C12H16N4O2/c1-8-15-12(16-18-8)5-6-14-11-4-3-9(17-2)7-10(11)13/h3-4,7,14H,5-6,13H2,1-2H3. The summed E-state index contributed by atoms with van der Waals surface area (Å²) in [4.78, 5) is 4.12. The second kappa shape index (κ2) is 5.39. The number of ether oxygens (including phenoxy) is 1. The molecular weight excluding hydrogens is 232 g/mol. The summed E-state index contributed by atoms with van der Waals surface area (Å²) < 4.78 is 9.98. The molecule has 0 unspecified atom stereocenters. The van der Waals surface area contributed by atoms with E-state index in [0.717, 1.165) is 11.4 Å². The van der Waals surface area contributed by atoms with Crippen LogP contribution in [0.5, 0.6) is 5.75 Å². The van der Waals surface area contributed by atoms with Crippen molar-refractivity contribution in [3.8, 4) is 5.75 Å². The molecule has 0 atom stereocenters. The summed E-state index contributed by atoms with van der Waals surface area (Å²) in [5.74, 6) is 2.01. The van der Waals surface area contributed by atoms with E-state index < -0.39 is 0 Å². The summed E-state index contributed by atoms with van der Waals surface area (Å²) in [7, 11) is 1.61. The molecule has 0 saturated carbocycles. The quantitative estimate of drug-likeness (QED) is 0.782. The maximum absolute atomic E-state index is 5.89. The van der Waals surface area contributed by atoms with Crippen molar-refractivity contribution >= 4 is 11.4 Å². The van der Waals surface area contributed by atoms with Gasteiger partial charge in [0.25, 0.3) is 0 Å². The lowest BCUT2D eigenvalue weighted by molar-refractivity contribution is 0.387. The van der Waals surface area contributed by atoms with Gasteiger partial charge in [-0.1, -0.05) is 5.16 Å². The van der Waals surface area contributed by atoms with Crippen molar-refractivity contribution < 1.29 is 9.26 Å². The Hall–Kier alpha value is -2.24. The van der Waals surface area contributed by atoms with Gasteiger partial charge in [0.2, 0.25) is 5.89 Å². The van der Waals surface area contributed by atoms with Gasteiger partial charge in [0.15, 0.2) is 5.82 Å². The van der Waals surface area contributed by atoms with E-state index in [0.29, 0.717) is 30.4 Å². The summed E-state index contributed by atoms with van der Waals surface area (Å²) in [6, 6.07) is 5.52. The number of nitrogens with zero attached hydrogens (tertiary/aromatic N) is 2. The molecule has 0 spiro atoms. The van der Waals surface area contributed by atoms with E-state index in [4.69, 9.17) is 15.0 Å². The normalized spacial score (nSPS) is 10.3. The molecule has 1 aromatic heterocycles. The Labute approximate surface area is 105 Å². The minimum Gasteiger partial charge on any atom is -0.497 e. The SMILES string of the molecule is COc1ccc(NCCc2noc(C)n2)c(N)c1. The van der Waals surface area contributed by atoms with Crippen LogP contribution in [0.25, 0.3) is 0 Å². The van der Waals surface area contributed by atoms with E-state index in [-0.39, 0.29) is 0 Å². The molecule has 0 bridgehead atoms. The average molecular weight is 248 g/mol. The molecule has 18 heavy (non-hydrogen) atoms. The zero-order chi connectivity index (χ0) is 13.0. The highest BCUT2D eigenvalue weighted by Crippen LogP contribution is 2.23. The summed E-state index contributed by atoms with van der Waals surface area (Å²) in [6.45, 7) is 2.46. The number of aromatic nitrogens is 2. The molecule has 96 valence electrons. The van der Waals surface area contributed by atoms with Crippen molar-refractivity contribution in [1.29, 1.82) is 0 Å². The molecule has 0 aliphatic carbocycles. The van der Waals surface area contributed by atoms with E-state index >= 15 is 0 Å². The van der Waals surface area contributed by atoms with Gasteiger partial charge in [-0.3, -0.25) is 0 Å². The number of rotatable bonds is 5. The fourth-order valence-corrected chi connectivity index (χ4v) is 1.58. The second-order valence-corrected chi connectivity index (χ2v) is 3.86. The van der Waals surface area contributed by atoms with E-state index in [9.17, 15) is 0 Å². The lowest BCUT2D eigenvalue weighted by atomic mass is 10.2. The van der Waals surface area contributed by atoms with Crippen LogP contribution in [0, 0.1) is 6.92 Å². The third kappa shape index (κ3) is 2.91. The Balaban J connectivity index is 1.90. The van der Waals surface area contributed by atoms with Crippen LogP contribution >= 0.6 is 0 Å². The molecule has 2 aromatic rings. The van der Waals surface area contributed by atoms with Crippen molar-refractivity contribution in [3.63, 3.8) is 0 Å². The molecule has 0 aliphatic heterocycles. The topological polar surface area (TPSA) is 86.2 Å². The van der Waals surface area contributed by atoms with Crippen LogP contribution in [0.2, 0.25) is 0 Å². The first-order valence-corrected chi connectivity index (χ1v) is 5.65. The highest BCUT2D eigenvalue weighted by Gasteiger charge is 2.03. The molecule has 1 aromatic carbocycles. The Bertz CT molecular complexity index is 525. The molecular formula is C12H16N4O2. The van der Waals surface area contributed by atoms with Crippen LogP contribution in [-0.4, -0.2) is 23.8 Å². The van der Waals surface area contributed by atoms with Gasteiger partial charge in [0.05, 0.1) is 18.5 Å². The fourth-order valence-electron chi connectivity index (χ4n) is 1.58. The number of aryl methyl sites for hydroxylation is 1. The van der Waals surface area contributed by atoms with Gasteiger partial charge in [-0.2, -0.15) is 4.98 Å². The predicted molar refractivity (Wildman–Crippen MR) is 68.6 cm³/mol. The number of benzene rings is 1. The van der Waals surface area contributed by atoms with Gasteiger partial charge in [-0.25, -0.2) is 0 Å². The average Bonchev–Trinajstić information content (AvgIpc) is 2.77. The molecule has 6 heteroatoms. The molecule has 3 N–H and O–H groups in total. The Morgan fingerprint density at radius 1 is 1.44 bits per heavy atom. The first kappa shape index (κ1) is 12.2. The van der Waals surface area contributed by atoms with Gasteiger partial charge >= 0.3 is 0 Å². The fraction of sp³-hybridized carbons (Fsp3) is 0.333. The summed E-state index contributed by atoms with van der Waals surface area (Å²) >= 11 is 0. The second-order valence-electron chi connectivity index (χ2n) is 3.86. The monoisotopic (exact) mass is 248 g/mol. The largest absolute Gasteiger partial charge is 0.497 e. The van der Waals surface area contributed by atoms with E-state index in [1.54, 1.807) is 20.1 Å². The minimum atomic E-state index is 0.578. The van der Waals surface area contributed by atoms with Gasteiger partial charge in [-0.05, 0) is 12.1 Å². The third-order valence-corrected chi connectivity index (χ3v) is 2.49. The summed E-state index contributed by atoms with van der Waals surface area (Å²) in [5, 5.41) is 7.04. The molecule has 0 fully saturated rings. The van der Waals surface area contributed by atoms with Crippen LogP contribution in [-0.2, 0) is 6.42 Å². The molecule has 6 nitrogen and oxygen atoms in total. The number of nitrogens with one attached hydrogen (secondary N) is 1. The van der Waals surface area contributed by atoms with Crippen LogP contribution in [0.4, 0.5) is 11.4 Å². The van der Waals surface area contributed by atoms with Gasteiger partial charge in [0.1, 0.15) is 5.75 Å². The maximum Gasteiger partial charge on any atom is 0.223 e. The Morgan fingerprint density at radius 2 is 2.28 bits per heavy atom. The van der Waals surface area contributed by atoms with Gasteiger partial charge in [0, 0.05) is 26.0 Å². The molecule has 0 aliphatic rings. The van der Waals surface area contributed by atoms with Crippen molar-refractivity contribution in [2.75, 3.05) is 24.7 Å². The molecule has 2 rings (SSSR count). The molecule has 1 heterocycles. The smallest absolute Gasteiger partial charge is 0.223 e. The zero-order valence-electron chi connectivity index (χ0n) is 10.4. The van der Waals surface area contributed by atoms with E-state index in [1.165, 1.54) is 0 Å². The van der Waals surface area contributed by atoms with Crippen LogP contribution < -0.4 is 15.8 Å². The van der Waals surface area contributed by atoms with Gasteiger partial charge in [-0.15, -0.1) is 0 Å². The number of hydrogen-bond acceptors (Lipinski definition) is 6. The Kier molecular flexibility index (Phi) is 3.66. The van der Waals surface area contributed by atoms with Crippen LogP contribution in [0.1, 0.15) is 11.7 Å². The van der Waals surface area contributed by atoms with Crippen molar-refractivity contribution in [2.24, 2.45) is 0 Å². The van der Waals surface area contributed by atoms with Crippen molar-refractivity contribution in [1.82, 2.24) is 10.1 Å². The van der Waals surface area contributed by atoms with Crippen LogP contribution in [0.15, 0.2) is 22.7 Å². The summed E-state index contributed by atoms with van der Waals surface area (Å²) in [6.07, 6.45) is 0.683. The molecule has 0 saturated heterocycles. The number of methoxy groups -OCH3 is 1. The number of anilines is 2. The number of nitrogen functional groups attached to an aromatic ring is 1. The zero-order valence-corrected chi connectivity index (χ0v) is 10.4. The first-order chi connectivity index (χ1) is 8.69. The number of hydrogen-bond donors (Lipinski definition) is 2. The number of nitrogens with two attached hydrogens (primary N) is 1. The molecule has 0 radical (unpaired) electrons. The minimum absolute atomic E-state index is 0.578. The molecule has 0 amide bonds. The van der Waals surface area contributed by atoms with Gasteiger partial charge < -0.3 is 20.3 Å². The Morgan fingerprint density at radius 3 is 2.89 bits per heavy atom. The first-order valence-electron chi connectivity index (χ1n) is 5.65. The van der Waals surface area contributed by atoms with E-state index in [1.807, 2.05) is 12.1 Å². The van der Waals surface area contributed by atoms with E-state index in [2.05, 4.69) is 15.5 Å². The lowest BCUT2D eigenvalue weighted by Gasteiger charge is -2.09. The van der Waals surface area contributed by atoms with Crippen LogP contribution in [0.3, 0.4) is 0 Å². The maximum atomic E-state index is 5.89.